The van der Waals surface area contributed by atoms with Crippen molar-refractivity contribution in [2.75, 3.05) is 6.61 Å². The predicted molar refractivity (Wildman–Crippen MR) is 121 cm³/mol. The van der Waals surface area contributed by atoms with Crippen LogP contribution >= 0.6 is 0 Å². The fraction of sp³-hybridized carbons (Fsp3) is 0.615. The van der Waals surface area contributed by atoms with Crippen molar-refractivity contribution in [3.8, 4) is 17.1 Å². The Kier molecular flexibility index (Phi) is 9.23. The number of ether oxygens (including phenoxy) is 1. The van der Waals surface area contributed by atoms with Crippen LogP contribution in [0.5, 0.6) is 5.88 Å². The number of benzene rings is 1. The van der Waals surface area contributed by atoms with E-state index in [0.717, 1.165) is 31.6 Å². The molecule has 0 aliphatic heterocycles. The number of aromatic nitrogens is 2. The molecule has 0 radical (unpaired) electrons. The maximum Gasteiger partial charge on any atom is 0.233 e. The minimum atomic E-state index is -0.838. The van der Waals surface area contributed by atoms with Gasteiger partial charge in [-0.05, 0) is 48.8 Å². The van der Waals surface area contributed by atoms with Crippen LogP contribution < -0.4 is 4.74 Å². The van der Waals surface area contributed by atoms with E-state index in [4.69, 9.17) is 4.74 Å². The third kappa shape index (κ3) is 6.72. The second-order valence-corrected chi connectivity index (χ2v) is 8.93. The highest BCUT2D eigenvalue weighted by molar-refractivity contribution is 5.60. The molecular weight excluding hydrogens is 394 g/mol. The van der Waals surface area contributed by atoms with Crippen molar-refractivity contribution in [1.82, 2.24) is 10.2 Å². The van der Waals surface area contributed by atoms with Gasteiger partial charge in [0.15, 0.2) is 11.6 Å². The fourth-order valence-electron chi connectivity index (χ4n) is 4.63. The van der Waals surface area contributed by atoms with E-state index in [0.29, 0.717) is 36.1 Å². The molecule has 5 heteroatoms. The van der Waals surface area contributed by atoms with Gasteiger partial charge in [0.25, 0.3) is 0 Å². The van der Waals surface area contributed by atoms with Crippen LogP contribution in [0.4, 0.5) is 8.78 Å². The molecule has 31 heavy (non-hydrogen) atoms. The molecule has 3 nitrogen and oxygen atoms in total. The van der Waals surface area contributed by atoms with Crippen molar-refractivity contribution in [2.24, 2.45) is 11.8 Å². The summed E-state index contributed by atoms with van der Waals surface area (Å²) in [5.41, 5.74) is 0.922. The third-order valence-electron chi connectivity index (χ3n) is 6.56. The lowest BCUT2D eigenvalue weighted by Gasteiger charge is -2.28. The number of unbranched alkanes of at least 4 members (excludes halogenated alkanes) is 2. The number of aryl methyl sites for hydroxylation is 1. The number of halogens is 2. The molecule has 1 heterocycles. The molecular formula is C26H36F2N2O. The van der Waals surface area contributed by atoms with Crippen LogP contribution in [0.25, 0.3) is 11.3 Å². The van der Waals surface area contributed by atoms with Gasteiger partial charge in [0.1, 0.15) is 0 Å². The van der Waals surface area contributed by atoms with E-state index in [1.807, 2.05) is 0 Å². The lowest BCUT2D eigenvalue weighted by molar-refractivity contribution is 0.251. The molecule has 1 saturated carbocycles. The van der Waals surface area contributed by atoms with E-state index in [2.05, 4.69) is 24.0 Å². The normalized spacial score (nSPS) is 18.8. The largest absolute Gasteiger partial charge is 0.477 e. The molecule has 2 aromatic rings. The molecule has 170 valence electrons. The molecule has 0 amide bonds. The van der Waals surface area contributed by atoms with Gasteiger partial charge in [-0.15, -0.1) is 10.2 Å². The van der Waals surface area contributed by atoms with Crippen LogP contribution in [0.3, 0.4) is 0 Å². The zero-order chi connectivity index (χ0) is 22.1. The van der Waals surface area contributed by atoms with Gasteiger partial charge in [0.05, 0.1) is 12.3 Å². The molecule has 1 aromatic carbocycles. The molecule has 3 rings (SSSR count). The van der Waals surface area contributed by atoms with Gasteiger partial charge >= 0.3 is 0 Å². The average molecular weight is 431 g/mol. The minimum Gasteiger partial charge on any atom is -0.477 e. The maximum atomic E-state index is 14.8. The highest BCUT2D eigenvalue weighted by Crippen LogP contribution is 2.34. The van der Waals surface area contributed by atoms with Crippen molar-refractivity contribution in [3.05, 3.63) is 41.5 Å². The van der Waals surface area contributed by atoms with Gasteiger partial charge in [-0.25, -0.2) is 8.78 Å². The van der Waals surface area contributed by atoms with Gasteiger partial charge in [-0.1, -0.05) is 71.3 Å². The first-order valence-corrected chi connectivity index (χ1v) is 12.1. The van der Waals surface area contributed by atoms with Gasteiger partial charge in [-0.3, -0.25) is 0 Å². The molecule has 1 aliphatic carbocycles. The summed E-state index contributed by atoms with van der Waals surface area (Å²) in [4.78, 5) is 0. The van der Waals surface area contributed by atoms with Crippen molar-refractivity contribution >= 4 is 0 Å². The number of hydrogen-bond donors (Lipinski definition) is 0. The first-order valence-electron chi connectivity index (χ1n) is 12.1. The summed E-state index contributed by atoms with van der Waals surface area (Å²) in [7, 11) is 0. The number of rotatable bonds is 11. The topological polar surface area (TPSA) is 35.0 Å². The summed E-state index contributed by atoms with van der Waals surface area (Å²) in [6.45, 7) is 4.96. The van der Waals surface area contributed by atoms with E-state index >= 15 is 0 Å². The Balaban J connectivity index is 1.56. The highest BCUT2D eigenvalue weighted by atomic mass is 19.2. The molecule has 0 saturated heterocycles. The van der Waals surface area contributed by atoms with Crippen molar-refractivity contribution < 1.29 is 13.5 Å². The van der Waals surface area contributed by atoms with E-state index in [9.17, 15) is 8.78 Å². The SMILES string of the molecule is CCCCCOc1ccc(-c2ccc(CC[C@H]3CC[C@H](CCC)CC3)c(F)c2F)nn1. The smallest absolute Gasteiger partial charge is 0.233 e. The first kappa shape index (κ1) is 23.6. The third-order valence-corrected chi connectivity index (χ3v) is 6.56. The van der Waals surface area contributed by atoms with Crippen LogP contribution in [0.15, 0.2) is 24.3 Å². The van der Waals surface area contributed by atoms with Crippen molar-refractivity contribution in [2.45, 2.75) is 84.5 Å². The zero-order valence-electron chi connectivity index (χ0n) is 19.0. The fourth-order valence-corrected chi connectivity index (χ4v) is 4.63. The molecule has 0 unspecified atom stereocenters. The summed E-state index contributed by atoms with van der Waals surface area (Å²) in [5, 5.41) is 8.04. The lowest BCUT2D eigenvalue weighted by Crippen LogP contribution is -2.15. The summed E-state index contributed by atoms with van der Waals surface area (Å²) in [6, 6.07) is 6.62. The number of nitrogens with zero attached hydrogens (tertiary/aromatic N) is 2. The summed E-state index contributed by atoms with van der Waals surface area (Å²) >= 11 is 0. The zero-order valence-corrected chi connectivity index (χ0v) is 19.0. The molecule has 1 aliphatic rings. The Hall–Kier alpha value is -2.04. The monoisotopic (exact) mass is 430 g/mol. The van der Waals surface area contributed by atoms with Crippen molar-refractivity contribution in [1.29, 1.82) is 0 Å². The van der Waals surface area contributed by atoms with Gasteiger partial charge in [0, 0.05) is 11.6 Å². The molecule has 0 atom stereocenters. The molecule has 1 fully saturated rings. The Morgan fingerprint density at radius 2 is 1.58 bits per heavy atom. The first-order chi connectivity index (χ1) is 15.1. The van der Waals surface area contributed by atoms with Crippen LogP contribution in [-0.4, -0.2) is 16.8 Å². The van der Waals surface area contributed by atoms with Gasteiger partial charge in [-0.2, -0.15) is 0 Å². The molecule has 0 N–H and O–H groups in total. The highest BCUT2D eigenvalue weighted by Gasteiger charge is 2.22. The Morgan fingerprint density at radius 1 is 0.839 bits per heavy atom. The van der Waals surface area contributed by atoms with Gasteiger partial charge < -0.3 is 4.74 Å². The molecule has 0 bridgehead atoms. The standard InChI is InChI=1S/C26H36F2N2O/c1-3-5-6-18-31-24-17-16-23(29-30-24)22-15-14-21(25(27)26(22)28)13-12-20-10-8-19(7-4-2)9-11-20/h14-17,19-20H,3-13,18H2,1-2H3/t19-,20-. The van der Waals surface area contributed by atoms with E-state index in [-0.39, 0.29) is 5.56 Å². The average Bonchev–Trinajstić information content (AvgIpc) is 2.79. The second-order valence-electron chi connectivity index (χ2n) is 8.93. The Morgan fingerprint density at radius 3 is 2.23 bits per heavy atom. The molecule has 1 aromatic heterocycles. The lowest BCUT2D eigenvalue weighted by atomic mass is 9.78. The van der Waals surface area contributed by atoms with Crippen LogP contribution in [0.1, 0.15) is 83.6 Å². The predicted octanol–water partition coefficient (Wildman–Crippen LogP) is 7.53. The van der Waals surface area contributed by atoms with Gasteiger partial charge in [0.2, 0.25) is 5.88 Å². The quantitative estimate of drug-likeness (QED) is 0.346. The molecule has 0 spiro atoms. The summed E-state index contributed by atoms with van der Waals surface area (Å²) < 4.78 is 35.0. The van der Waals surface area contributed by atoms with Crippen LogP contribution in [-0.2, 0) is 6.42 Å². The van der Waals surface area contributed by atoms with E-state index in [1.54, 1.807) is 24.3 Å². The van der Waals surface area contributed by atoms with Crippen LogP contribution in [0.2, 0.25) is 0 Å². The van der Waals surface area contributed by atoms with Crippen molar-refractivity contribution in [3.63, 3.8) is 0 Å². The maximum absolute atomic E-state index is 14.8. The Bertz CT molecular complexity index is 802. The minimum absolute atomic E-state index is 0.145. The second kappa shape index (κ2) is 12.1. The summed E-state index contributed by atoms with van der Waals surface area (Å²) in [6.07, 6.45) is 12.3. The van der Waals surface area contributed by atoms with E-state index < -0.39 is 11.6 Å². The Labute approximate surface area is 185 Å². The summed E-state index contributed by atoms with van der Waals surface area (Å²) in [5.74, 6) is 0.315. The number of hydrogen-bond acceptors (Lipinski definition) is 3. The van der Waals surface area contributed by atoms with Crippen LogP contribution in [0, 0.1) is 23.5 Å². The van der Waals surface area contributed by atoms with E-state index in [1.165, 1.54) is 38.5 Å².